The van der Waals surface area contributed by atoms with Gasteiger partial charge in [0.15, 0.2) is 17.5 Å². The molecule has 2 aliphatic rings. The summed E-state index contributed by atoms with van der Waals surface area (Å²) in [5, 5.41) is 2.21. The van der Waals surface area contributed by atoms with Gasteiger partial charge in [-0.1, -0.05) is 121 Å². The van der Waals surface area contributed by atoms with E-state index in [1.54, 1.807) is 0 Å². The normalized spacial score (nSPS) is 16.9. The van der Waals surface area contributed by atoms with Crippen molar-refractivity contribution < 1.29 is 9.15 Å². The molecule has 44 heavy (non-hydrogen) atoms. The lowest BCUT2D eigenvalue weighted by Gasteiger charge is -2.23. The third-order valence-electron chi connectivity index (χ3n) is 8.53. The van der Waals surface area contributed by atoms with Gasteiger partial charge < -0.3 is 9.15 Å². The van der Waals surface area contributed by atoms with Crippen LogP contribution in [0.2, 0.25) is 0 Å². The standard InChI is InChI=1S/C39H25N3O2/c1-3-12-24(13-4-1)37-40-38(25-14-5-2-6-15-25)42-39(41-37)30-20-11-23-33-35(30)34-27(17-10-22-32(34)43-33)29-19-9-18-28-26-16-7-8-21-31(26)44-36(28)29/h1-23,33,35H. The number of para-hydroxylation sites is 2. The molecule has 0 radical (unpaired) electrons. The topological polar surface area (TPSA) is 61.0 Å². The molecule has 0 saturated heterocycles. The lowest BCUT2D eigenvalue weighted by atomic mass is 9.80. The lowest BCUT2D eigenvalue weighted by Crippen LogP contribution is -2.21. The number of ether oxygens (including phenoxy) is 1. The number of benzene rings is 5. The van der Waals surface area contributed by atoms with Crippen LogP contribution in [0.15, 0.2) is 144 Å². The van der Waals surface area contributed by atoms with Crippen LogP contribution in [0.5, 0.6) is 5.75 Å². The fourth-order valence-corrected chi connectivity index (χ4v) is 6.55. The molecule has 9 rings (SSSR count). The maximum atomic E-state index is 6.60. The summed E-state index contributed by atoms with van der Waals surface area (Å²) in [6.07, 6.45) is 6.11. The van der Waals surface area contributed by atoms with E-state index in [0.29, 0.717) is 17.5 Å². The van der Waals surface area contributed by atoms with E-state index in [4.69, 9.17) is 24.1 Å². The van der Waals surface area contributed by atoms with E-state index in [2.05, 4.69) is 66.8 Å². The molecule has 5 heteroatoms. The van der Waals surface area contributed by atoms with Crippen LogP contribution in [-0.4, -0.2) is 21.1 Å². The molecule has 0 bridgehead atoms. The average Bonchev–Trinajstić information content (AvgIpc) is 3.68. The predicted octanol–water partition coefficient (Wildman–Crippen LogP) is 9.27. The molecule has 0 spiro atoms. The summed E-state index contributed by atoms with van der Waals surface area (Å²) in [7, 11) is 0. The fraction of sp³-hybridized carbons (Fsp3) is 0.0513. The summed E-state index contributed by atoms with van der Waals surface area (Å²) < 4.78 is 13.1. The third kappa shape index (κ3) is 3.90. The number of hydrogen-bond donors (Lipinski definition) is 0. The zero-order valence-corrected chi connectivity index (χ0v) is 23.6. The van der Waals surface area contributed by atoms with Crippen LogP contribution in [0.3, 0.4) is 0 Å². The average molecular weight is 568 g/mol. The van der Waals surface area contributed by atoms with Crippen molar-refractivity contribution in [2.24, 2.45) is 0 Å². The molecule has 1 aliphatic carbocycles. The third-order valence-corrected chi connectivity index (χ3v) is 8.53. The number of allylic oxidation sites excluding steroid dienone is 2. The summed E-state index contributed by atoms with van der Waals surface area (Å²) in [5.41, 5.74) is 7.88. The fourth-order valence-electron chi connectivity index (χ4n) is 6.55. The summed E-state index contributed by atoms with van der Waals surface area (Å²) in [5.74, 6) is 2.68. The summed E-state index contributed by atoms with van der Waals surface area (Å²) in [6.45, 7) is 0. The zero-order chi connectivity index (χ0) is 29.0. The molecule has 7 aromatic rings. The van der Waals surface area contributed by atoms with Crippen LogP contribution in [0.25, 0.3) is 61.4 Å². The molecule has 3 heterocycles. The molecule has 0 saturated carbocycles. The zero-order valence-electron chi connectivity index (χ0n) is 23.6. The van der Waals surface area contributed by atoms with Crippen molar-refractivity contribution in [1.29, 1.82) is 0 Å². The minimum absolute atomic E-state index is 0.111. The van der Waals surface area contributed by atoms with Crippen molar-refractivity contribution in [1.82, 2.24) is 15.0 Å². The molecule has 2 atom stereocenters. The van der Waals surface area contributed by atoms with Crippen LogP contribution in [0, 0.1) is 0 Å². The number of fused-ring (bicyclic) bond motifs is 6. The molecule has 0 N–H and O–H groups in total. The van der Waals surface area contributed by atoms with Crippen LogP contribution >= 0.6 is 0 Å². The number of furan rings is 1. The van der Waals surface area contributed by atoms with Gasteiger partial charge in [-0.15, -0.1) is 0 Å². The van der Waals surface area contributed by atoms with Crippen molar-refractivity contribution in [2.45, 2.75) is 12.0 Å². The van der Waals surface area contributed by atoms with E-state index in [-0.39, 0.29) is 12.0 Å². The van der Waals surface area contributed by atoms with Crippen LogP contribution in [-0.2, 0) is 0 Å². The Kier molecular flexibility index (Phi) is 5.56. The van der Waals surface area contributed by atoms with Crippen LogP contribution < -0.4 is 4.74 Å². The molecule has 208 valence electrons. The first-order valence-corrected chi connectivity index (χ1v) is 14.8. The van der Waals surface area contributed by atoms with Crippen molar-refractivity contribution >= 4 is 27.5 Å². The van der Waals surface area contributed by atoms with E-state index in [1.807, 2.05) is 72.8 Å². The number of nitrogens with zero attached hydrogens (tertiary/aromatic N) is 3. The largest absolute Gasteiger partial charge is 0.485 e. The molecule has 0 amide bonds. The van der Waals surface area contributed by atoms with Crippen molar-refractivity contribution in [3.05, 3.63) is 151 Å². The highest BCUT2D eigenvalue weighted by Crippen LogP contribution is 2.52. The second-order valence-electron chi connectivity index (χ2n) is 11.1. The van der Waals surface area contributed by atoms with Gasteiger partial charge in [-0.05, 0) is 23.8 Å². The first-order chi connectivity index (χ1) is 21.8. The number of aromatic nitrogens is 3. The number of hydrogen-bond acceptors (Lipinski definition) is 5. The SMILES string of the molecule is C1=CC2Oc3cccc(-c4cccc5c4oc4ccccc45)c3C2C(c2nc(-c3ccccc3)nc(-c3ccccc3)n2)=C1. The molecular formula is C39H25N3O2. The van der Waals surface area contributed by atoms with Gasteiger partial charge in [0.05, 0.1) is 5.92 Å². The van der Waals surface area contributed by atoms with Gasteiger partial charge in [0, 0.05) is 38.6 Å². The highest BCUT2D eigenvalue weighted by Gasteiger charge is 2.40. The predicted molar refractivity (Wildman–Crippen MR) is 174 cm³/mol. The Hall–Kier alpha value is -5.81. The van der Waals surface area contributed by atoms with Crippen LogP contribution in [0.1, 0.15) is 17.3 Å². The Bertz CT molecular complexity index is 2210. The van der Waals surface area contributed by atoms with Crippen molar-refractivity contribution in [3.8, 4) is 39.7 Å². The molecule has 0 fully saturated rings. The monoisotopic (exact) mass is 567 g/mol. The van der Waals surface area contributed by atoms with Gasteiger partial charge in [-0.2, -0.15) is 0 Å². The highest BCUT2D eigenvalue weighted by atomic mass is 16.5. The molecular weight excluding hydrogens is 542 g/mol. The van der Waals surface area contributed by atoms with Gasteiger partial charge >= 0.3 is 0 Å². The van der Waals surface area contributed by atoms with E-state index >= 15 is 0 Å². The lowest BCUT2D eigenvalue weighted by molar-refractivity contribution is 0.271. The molecule has 2 aromatic heterocycles. The van der Waals surface area contributed by atoms with Gasteiger partial charge in [-0.25, -0.2) is 15.0 Å². The Morgan fingerprint density at radius 2 is 1.18 bits per heavy atom. The minimum atomic E-state index is -0.182. The van der Waals surface area contributed by atoms with Gasteiger partial charge in [0.2, 0.25) is 0 Å². The van der Waals surface area contributed by atoms with Crippen LogP contribution in [0.4, 0.5) is 0 Å². The van der Waals surface area contributed by atoms with E-state index in [1.165, 1.54) is 0 Å². The van der Waals surface area contributed by atoms with Crippen molar-refractivity contribution in [2.75, 3.05) is 0 Å². The first kappa shape index (κ1) is 24.8. The van der Waals surface area contributed by atoms with Gasteiger partial charge in [0.1, 0.15) is 23.0 Å². The Morgan fingerprint density at radius 1 is 0.545 bits per heavy atom. The Labute approximate surface area is 253 Å². The second kappa shape index (κ2) is 9.89. The molecule has 5 aromatic carbocycles. The minimum Gasteiger partial charge on any atom is -0.485 e. The Morgan fingerprint density at radius 3 is 1.95 bits per heavy atom. The number of rotatable bonds is 4. The molecule has 5 nitrogen and oxygen atoms in total. The van der Waals surface area contributed by atoms with E-state index in [9.17, 15) is 0 Å². The first-order valence-electron chi connectivity index (χ1n) is 14.8. The highest BCUT2D eigenvalue weighted by molar-refractivity contribution is 6.10. The maximum absolute atomic E-state index is 6.60. The van der Waals surface area contributed by atoms with Gasteiger partial charge in [0.25, 0.3) is 0 Å². The second-order valence-corrected chi connectivity index (χ2v) is 11.1. The molecule has 2 unspecified atom stereocenters. The van der Waals surface area contributed by atoms with Crippen molar-refractivity contribution in [3.63, 3.8) is 0 Å². The van der Waals surface area contributed by atoms with E-state index < -0.39 is 0 Å². The Balaban J connectivity index is 1.24. The quantitative estimate of drug-likeness (QED) is 0.212. The maximum Gasteiger partial charge on any atom is 0.164 e. The summed E-state index contributed by atoms with van der Waals surface area (Å²) in [4.78, 5) is 15.0. The summed E-state index contributed by atoms with van der Waals surface area (Å²) >= 11 is 0. The smallest absolute Gasteiger partial charge is 0.164 e. The van der Waals surface area contributed by atoms with E-state index in [0.717, 1.165) is 61.1 Å². The van der Waals surface area contributed by atoms with Gasteiger partial charge in [-0.3, -0.25) is 0 Å². The summed E-state index contributed by atoms with van der Waals surface area (Å²) in [6, 6.07) is 41.0. The molecule has 1 aliphatic heterocycles.